The topological polar surface area (TPSA) is 39.1 Å². The van der Waals surface area contributed by atoms with Crippen LogP contribution in [-0.4, -0.2) is 31.1 Å². The van der Waals surface area contributed by atoms with Crippen molar-refractivity contribution in [1.29, 1.82) is 5.26 Å². The van der Waals surface area contributed by atoms with Gasteiger partial charge in [-0.25, -0.2) is 0 Å². The van der Waals surface area contributed by atoms with E-state index in [0.29, 0.717) is 6.42 Å². The van der Waals surface area contributed by atoms with E-state index in [9.17, 15) is 0 Å². The molecule has 1 heterocycles. The lowest BCUT2D eigenvalue weighted by Gasteiger charge is -2.32. The monoisotopic (exact) mass is 257 g/mol. The van der Waals surface area contributed by atoms with E-state index in [1.165, 1.54) is 32.2 Å². The predicted octanol–water partition coefficient (Wildman–Crippen LogP) is 3.04. The van der Waals surface area contributed by atoms with Crippen molar-refractivity contribution in [3.63, 3.8) is 0 Å². The summed E-state index contributed by atoms with van der Waals surface area (Å²) in [6, 6.07) is 11.1. The van der Waals surface area contributed by atoms with Gasteiger partial charge in [0.1, 0.15) is 0 Å². The van der Waals surface area contributed by atoms with E-state index in [2.05, 4.69) is 35.5 Å². The van der Waals surface area contributed by atoms with Gasteiger partial charge < -0.3 is 10.2 Å². The Morgan fingerprint density at radius 2 is 2.11 bits per heavy atom. The smallest absolute Gasteiger partial charge is 0.0669 e. The highest BCUT2D eigenvalue weighted by Gasteiger charge is 2.17. The van der Waals surface area contributed by atoms with E-state index in [4.69, 9.17) is 5.26 Å². The number of piperidine rings is 1. The third kappa shape index (κ3) is 4.25. The standard InChI is InChI=1S/C16H23N3/c1-19-13-3-2-4-16(19)10-12-18-15-7-5-14(6-8-15)9-11-17/h5-8,16,18H,2-4,9-10,12-13H2,1H3. The van der Waals surface area contributed by atoms with Crippen LogP contribution in [-0.2, 0) is 6.42 Å². The summed E-state index contributed by atoms with van der Waals surface area (Å²) in [5, 5.41) is 12.1. The summed E-state index contributed by atoms with van der Waals surface area (Å²) in [6.45, 7) is 2.26. The van der Waals surface area contributed by atoms with Gasteiger partial charge in [-0.05, 0) is 50.6 Å². The molecule has 1 N–H and O–H groups in total. The maximum Gasteiger partial charge on any atom is 0.0669 e. The van der Waals surface area contributed by atoms with Gasteiger partial charge in [0.05, 0.1) is 12.5 Å². The van der Waals surface area contributed by atoms with Gasteiger partial charge in [-0.1, -0.05) is 18.6 Å². The number of hydrogen-bond acceptors (Lipinski definition) is 3. The minimum absolute atomic E-state index is 0.493. The van der Waals surface area contributed by atoms with Gasteiger partial charge in [-0.2, -0.15) is 5.26 Å². The fourth-order valence-corrected chi connectivity index (χ4v) is 2.72. The second kappa shape index (κ2) is 7.16. The molecular formula is C16H23N3. The van der Waals surface area contributed by atoms with Crippen molar-refractivity contribution in [2.75, 3.05) is 25.5 Å². The highest BCUT2D eigenvalue weighted by atomic mass is 15.1. The van der Waals surface area contributed by atoms with Crippen molar-refractivity contribution in [3.05, 3.63) is 29.8 Å². The van der Waals surface area contributed by atoms with Crippen molar-refractivity contribution in [3.8, 4) is 6.07 Å². The van der Waals surface area contributed by atoms with Gasteiger partial charge in [0, 0.05) is 18.3 Å². The van der Waals surface area contributed by atoms with Gasteiger partial charge in [-0.3, -0.25) is 0 Å². The van der Waals surface area contributed by atoms with Crippen LogP contribution in [0.2, 0.25) is 0 Å². The second-order valence-electron chi connectivity index (χ2n) is 5.38. The lowest BCUT2D eigenvalue weighted by Crippen LogP contribution is -2.37. The van der Waals surface area contributed by atoms with Crippen molar-refractivity contribution in [2.24, 2.45) is 0 Å². The van der Waals surface area contributed by atoms with Crippen LogP contribution < -0.4 is 5.32 Å². The fourth-order valence-electron chi connectivity index (χ4n) is 2.72. The number of nitrogens with zero attached hydrogens (tertiary/aromatic N) is 2. The van der Waals surface area contributed by atoms with Crippen LogP contribution in [0.4, 0.5) is 5.69 Å². The molecule has 3 nitrogen and oxygen atoms in total. The molecule has 1 aromatic rings. The maximum atomic E-state index is 8.63. The van der Waals surface area contributed by atoms with E-state index < -0.39 is 0 Å². The van der Waals surface area contributed by atoms with E-state index >= 15 is 0 Å². The number of nitriles is 1. The number of rotatable bonds is 5. The number of nitrogens with one attached hydrogen (secondary N) is 1. The summed E-state index contributed by atoms with van der Waals surface area (Å²) in [5.74, 6) is 0. The molecule has 102 valence electrons. The first-order valence-corrected chi connectivity index (χ1v) is 7.19. The van der Waals surface area contributed by atoms with Gasteiger partial charge in [-0.15, -0.1) is 0 Å². The first-order chi connectivity index (χ1) is 9.29. The third-order valence-corrected chi connectivity index (χ3v) is 3.97. The average Bonchev–Trinajstić information content (AvgIpc) is 2.43. The van der Waals surface area contributed by atoms with Crippen molar-refractivity contribution in [1.82, 2.24) is 4.90 Å². The first-order valence-electron chi connectivity index (χ1n) is 7.19. The Bertz CT molecular complexity index is 419. The fraction of sp³-hybridized carbons (Fsp3) is 0.562. The van der Waals surface area contributed by atoms with Crippen LogP contribution in [0.15, 0.2) is 24.3 Å². The third-order valence-electron chi connectivity index (χ3n) is 3.97. The summed E-state index contributed by atoms with van der Waals surface area (Å²) in [7, 11) is 2.24. The maximum absolute atomic E-state index is 8.63. The molecule has 0 aliphatic carbocycles. The molecule has 1 saturated heterocycles. The van der Waals surface area contributed by atoms with Crippen LogP contribution in [0.5, 0.6) is 0 Å². The van der Waals surface area contributed by atoms with E-state index in [0.717, 1.165) is 23.8 Å². The molecule has 0 spiro atoms. The number of likely N-dealkylation sites (tertiary alicyclic amines) is 1. The van der Waals surface area contributed by atoms with Crippen LogP contribution in [0.1, 0.15) is 31.2 Å². The molecular weight excluding hydrogens is 234 g/mol. The minimum atomic E-state index is 0.493. The summed E-state index contributed by atoms with van der Waals surface area (Å²) < 4.78 is 0. The zero-order chi connectivity index (χ0) is 13.5. The van der Waals surface area contributed by atoms with E-state index in [1.807, 2.05) is 12.1 Å². The number of hydrogen-bond donors (Lipinski definition) is 1. The molecule has 1 aliphatic rings. The quantitative estimate of drug-likeness (QED) is 0.881. The zero-order valence-corrected chi connectivity index (χ0v) is 11.7. The van der Waals surface area contributed by atoms with Crippen LogP contribution in [0.25, 0.3) is 0 Å². The van der Waals surface area contributed by atoms with Crippen LogP contribution in [0, 0.1) is 11.3 Å². The molecule has 1 unspecified atom stereocenters. The van der Waals surface area contributed by atoms with Crippen molar-refractivity contribution >= 4 is 5.69 Å². The summed E-state index contributed by atoms with van der Waals surface area (Å²) in [5.41, 5.74) is 2.24. The Morgan fingerprint density at radius 1 is 1.32 bits per heavy atom. The molecule has 0 saturated carbocycles. The predicted molar refractivity (Wildman–Crippen MR) is 79.1 cm³/mol. The minimum Gasteiger partial charge on any atom is -0.385 e. The van der Waals surface area contributed by atoms with E-state index in [1.54, 1.807) is 0 Å². The molecule has 1 aliphatic heterocycles. The Morgan fingerprint density at radius 3 is 2.79 bits per heavy atom. The van der Waals surface area contributed by atoms with Crippen molar-refractivity contribution < 1.29 is 0 Å². The SMILES string of the molecule is CN1CCCCC1CCNc1ccc(CC#N)cc1. The molecule has 0 aromatic heterocycles. The Labute approximate surface area is 116 Å². The molecule has 1 atom stereocenters. The first kappa shape index (κ1) is 13.9. The molecule has 1 aromatic carbocycles. The van der Waals surface area contributed by atoms with Gasteiger partial charge in [0.2, 0.25) is 0 Å². The lowest BCUT2D eigenvalue weighted by atomic mass is 10.0. The summed E-state index contributed by atoms with van der Waals surface area (Å²) >= 11 is 0. The number of anilines is 1. The molecule has 0 bridgehead atoms. The molecule has 2 rings (SSSR count). The second-order valence-corrected chi connectivity index (χ2v) is 5.38. The van der Waals surface area contributed by atoms with Crippen LogP contribution in [0.3, 0.4) is 0 Å². The number of benzene rings is 1. The molecule has 1 fully saturated rings. The van der Waals surface area contributed by atoms with Gasteiger partial charge >= 0.3 is 0 Å². The van der Waals surface area contributed by atoms with Gasteiger partial charge in [0.25, 0.3) is 0 Å². The molecule has 0 amide bonds. The lowest BCUT2D eigenvalue weighted by molar-refractivity contribution is 0.179. The molecule has 19 heavy (non-hydrogen) atoms. The summed E-state index contributed by atoms with van der Waals surface area (Å²) in [4.78, 5) is 2.49. The van der Waals surface area contributed by atoms with E-state index in [-0.39, 0.29) is 0 Å². The Hall–Kier alpha value is -1.53. The summed E-state index contributed by atoms with van der Waals surface area (Å²) in [6.07, 6.45) is 5.75. The Kier molecular flexibility index (Phi) is 5.23. The van der Waals surface area contributed by atoms with Crippen molar-refractivity contribution in [2.45, 2.75) is 38.1 Å². The Balaban J connectivity index is 1.74. The largest absolute Gasteiger partial charge is 0.385 e. The zero-order valence-electron chi connectivity index (χ0n) is 11.7. The highest BCUT2D eigenvalue weighted by molar-refractivity contribution is 5.44. The average molecular weight is 257 g/mol. The molecule has 0 radical (unpaired) electrons. The molecule has 3 heteroatoms. The normalized spacial score (nSPS) is 19.9. The highest BCUT2D eigenvalue weighted by Crippen LogP contribution is 2.18. The van der Waals surface area contributed by atoms with Gasteiger partial charge in [0.15, 0.2) is 0 Å². The van der Waals surface area contributed by atoms with Crippen LogP contribution >= 0.6 is 0 Å².